The molecule has 13 nitrogen and oxygen atoms in total. The van der Waals surface area contributed by atoms with Crippen molar-refractivity contribution in [2.24, 2.45) is 29.2 Å². The van der Waals surface area contributed by atoms with E-state index in [0.29, 0.717) is 70.4 Å². The summed E-state index contributed by atoms with van der Waals surface area (Å²) in [6.07, 6.45) is 18.6. The molecule has 3 aliphatic carbocycles. The maximum atomic E-state index is 14.8. The van der Waals surface area contributed by atoms with Crippen molar-refractivity contribution in [2.75, 3.05) is 6.26 Å². The first-order chi connectivity index (χ1) is 39.3. The number of alkyl halides is 2. The van der Waals surface area contributed by atoms with Crippen molar-refractivity contribution in [1.29, 1.82) is 0 Å². The molecule has 0 unspecified atom stereocenters. The number of carbonyl (C=O) groups is 5. The monoisotopic (exact) mass is 1150 g/mol. The SMILES string of the molecule is CS(=O)(=O)c1cccc(-c2cc(OC(=O)CC3CCCCC3)ccc2OC(F)F)c1.NC(=O)c1cccc(-c2cc(F)cc(OC(=O)CC3CCCCC3)c2)c1.NC(=O)c1cccc(-c2cccc(OC(=O)CC3CCCCC3)c2F)c1. The number of hydrogen-bond donors (Lipinski definition) is 2. The summed E-state index contributed by atoms with van der Waals surface area (Å²) in [5.74, 6) is -2.25. The van der Waals surface area contributed by atoms with Gasteiger partial charge in [-0.25, -0.2) is 17.2 Å². The number of ether oxygens (including phenoxy) is 4. The summed E-state index contributed by atoms with van der Waals surface area (Å²) in [5.41, 5.74) is 13.7. The average Bonchev–Trinajstić information content (AvgIpc) is 3.58. The number of benzene rings is 6. The molecule has 3 fully saturated rings. The van der Waals surface area contributed by atoms with Gasteiger partial charge >= 0.3 is 24.5 Å². The van der Waals surface area contributed by atoms with Gasteiger partial charge in [-0.15, -0.1) is 0 Å². The van der Waals surface area contributed by atoms with E-state index >= 15 is 0 Å². The molecule has 0 spiro atoms. The molecule has 0 heterocycles. The first-order valence-corrected chi connectivity index (χ1v) is 29.6. The molecule has 0 aromatic heterocycles. The number of halogens is 4. The number of amides is 2. The molecule has 3 aliphatic rings. The van der Waals surface area contributed by atoms with Gasteiger partial charge < -0.3 is 30.4 Å². The maximum Gasteiger partial charge on any atom is 0.387 e. The van der Waals surface area contributed by atoms with Crippen LogP contribution in [0.5, 0.6) is 23.0 Å². The van der Waals surface area contributed by atoms with Crippen molar-refractivity contribution in [1.82, 2.24) is 0 Å². The Morgan fingerprint density at radius 1 is 0.488 bits per heavy atom. The highest BCUT2D eigenvalue weighted by Gasteiger charge is 2.24. The second kappa shape index (κ2) is 29.7. The Kier molecular flexibility index (Phi) is 22.4. The van der Waals surface area contributed by atoms with Gasteiger partial charge in [0.2, 0.25) is 11.8 Å². The van der Waals surface area contributed by atoms with Crippen LogP contribution in [0.1, 0.15) is 136 Å². The minimum Gasteiger partial charge on any atom is -0.434 e. The molecule has 9 rings (SSSR count). The third-order valence-corrected chi connectivity index (χ3v) is 15.9. The minimum absolute atomic E-state index is 0.0442. The summed E-state index contributed by atoms with van der Waals surface area (Å²) in [6.45, 7) is -3.05. The molecule has 4 N–H and O–H groups in total. The summed E-state index contributed by atoms with van der Waals surface area (Å²) in [6, 6.07) is 31.7. The maximum absolute atomic E-state index is 14.8. The van der Waals surface area contributed by atoms with Gasteiger partial charge in [0.15, 0.2) is 21.4 Å². The molecule has 2 amide bonds. The Bertz CT molecular complexity index is 3320. The minimum atomic E-state index is -3.49. The van der Waals surface area contributed by atoms with Crippen molar-refractivity contribution in [3.05, 3.63) is 150 Å². The van der Waals surface area contributed by atoms with Crippen molar-refractivity contribution in [3.8, 4) is 56.4 Å². The fraction of sp³-hybridized carbons (Fsp3) is 0.359. The predicted octanol–water partition coefficient (Wildman–Crippen LogP) is 14.2. The lowest BCUT2D eigenvalue weighted by Crippen LogP contribution is -2.17. The number of carbonyl (C=O) groups excluding carboxylic acids is 5. The van der Waals surface area contributed by atoms with Crippen molar-refractivity contribution >= 4 is 39.6 Å². The van der Waals surface area contributed by atoms with E-state index in [9.17, 15) is 50.0 Å². The van der Waals surface area contributed by atoms with Gasteiger partial charge in [-0.05, 0) is 151 Å². The van der Waals surface area contributed by atoms with E-state index in [-0.39, 0.29) is 51.0 Å². The third-order valence-electron chi connectivity index (χ3n) is 14.7. The van der Waals surface area contributed by atoms with Gasteiger partial charge in [-0.1, -0.05) is 106 Å². The van der Waals surface area contributed by atoms with Crippen LogP contribution < -0.4 is 30.4 Å². The van der Waals surface area contributed by atoms with Crippen LogP contribution in [0, 0.1) is 29.4 Å². The molecular weight excluding hydrogens is 1080 g/mol. The van der Waals surface area contributed by atoms with E-state index < -0.39 is 45.9 Å². The lowest BCUT2D eigenvalue weighted by molar-refractivity contribution is -0.136. The van der Waals surface area contributed by atoms with Crippen LogP contribution in [0.15, 0.2) is 132 Å². The van der Waals surface area contributed by atoms with E-state index in [4.69, 9.17) is 25.7 Å². The molecule has 0 bridgehead atoms. The van der Waals surface area contributed by atoms with Gasteiger partial charge in [0.05, 0.1) is 4.90 Å². The summed E-state index contributed by atoms with van der Waals surface area (Å²) in [5, 5.41) is 0. The van der Waals surface area contributed by atoms with Crippen molar-refractivity contribution < 1.29 is 68.9 Å². The van der Waals surface area contributed by atoms with E-state index in [1.54, 1.807) is 66.7 Å². The molecular formula is C64H68F4N2O11S. The van der Waals surface area contributed by atoms with Crippen molar-refractivity contribution in [2.45, 2.75) is 127 Å². The normalized spacial score (nSPS) is 15.0. The zero-order chi connectivity index (χ0) is 58.8. The highest BCUT2D eigenvalue weighted by molar-refractivity contribution is 7.90. The standard InChI is InChI=1S/C22H24F2O5S.2C21H22FNO3/c1-30(26,27)18-9-5-8-16(13-18)19-14-17(10-11-20(19)29-22(23)24)28-21(25)12-15-6-3-2-4-7-15;22-20-17(15-8-4-9-16(13-15)21(23)25)10-5-11-18(20)26-19(24)12-14-6-2-1-3-7-14;22-18-11-17(15-7-4-8-16(10-15)21(23)25)12-19(13-18)26-20(24)9-14-5-2-1-3-6-14/h5,8-11,13-15,22H,2-4,6-7,12H2,1H3;4-5,8-11,13-14H,1-3,6-7,12H2,(H2,23,25);4,7-8,10-14H,1-3,5-6,9H2,(H2,23,25). The summed E-state index contributed by atoms with van der Waals surface area (Å²) in [4.78, 5) is 59.4. The quantitative estimate of drug-likeness (QED) is 0.0499. The van der Waals surface area contributed by atoms with E-state index in [2.05, 4.69) is 4.74 Å². The van der Waals surface area contributed by atoms with Crippen LogP contribution in [0.25, 0.3) is 33.4 Å². The molecule has 82 heavy (non-hydrogen) atoms. The Balaban J connectivity index is 0.000000178. The second-order valence-corrected chi connectivity index (χ2v) is 23.1. The van der Waals surface area contributed by atoms with Crippen LogP contribution >= 0.6 is 0 Å². The highest BCUT2D eigenvalue weighted by atomic mass is 32.2. The number of nitrogens with two attached hydrogens (primary N) is 2. The number of sulfone groups is 1. The molecule has 18 heteroatoms. The summed E-state index contributed by atoms with van der Waals surface area (Å²) >= 11 is 0. The van der Waals surface area contributed by atoms with Crippen LogP contribution in [0.3, 0.4) is 0 Å². The van der Waals surface area contributed by atoms with E-state index in [1.165, 1.54) is 79.9 Å². The van der Waals surface area contributed by atoms with E-state index in [1.807, 2.05) is 0 Å². The lowest BCUT2D eigenvalue weighted by atomic mass is 9.87. The van der Waals surface area contributed by atoms with Crippen LogP contribution in [-0.2, 0) is 24.2 Å². The number of esters is 3. The molecule has 3 saturated carbocycles. The van der Waals surface area contributed by atoms with Gasteiger partial charge in [-0.3, -0.25) is 24.0 Å². The molecule has 0 atom stereocenters. The van der Waals surface area contributed by atoms with E-state index in [0.717, 1.165) is 83.3 Å². The average molecular weight is 1150 g/mol. The van der Waals surface area contributed by atoms with Gasteiger partial charge in [0.1, 0.15) is 23.1 Å². The largest absolute Gasteiger partial charge is 0.434 e. The molecule has 434 valence electrons. The molecule has 0 aliphatic heterocycles. The van der Waals surface area contributed by atoms with Crippen LogP contribution in [0.2, 0.25) is 0 Å². The molecule has 0 saturated heterocycles. The van der Waals surface area contributed by atoms with Gasteiger partial charge in [0, 0.05) is 53.8 Å². The second-order valence-electron chi connectivity index (χ2n) is 21.1. The predicted molar refractivity (Wildman–Crippen MR) is 303 cm³/mol. The first-order valence-electron chi connectivity index (χ1n) is 27.7. The lowest BCUT2D eigenvalue weighted by Gasteiger charge is -2.20. The zero-order valence-electron chi connectivity index (χ0n) is 45.7. The van der Waals surface area contributed by atoms with Gasteiger partial charge in [0.25, 0.3) is 0 Å². The number of primary amides is 2. The number of rotatable bonds is 17. The molecule has 6 aromatic carbocycles. The van der Waals surface area contributed by atoms with Crippen molar-refractivity contribution in [3.63, 3.8) is 0 Å². The summed E-state index contributed by atoms with van der Waals surface area (Å²) in [7, 11) is -3.49. The Morgan fingerprint density at radius 2 is 0.963 bits per heavy atom. The Labute approximate surface area is 475 Å². The smallest absolute Gasteiger partial charge is 0.387 e. The Hall–Kier alpha value is -7.86. The van der Waals surface area contributed by atoms with Gasteiger partial charge in [-0.2, -0.15) is 8.78 Å². The van der Waals surface area contributed by atoms with Crippen LogP contribution in [0.4, 0.5) is 17.6 Å². The fourth-order valence-electron chi connectivity index (χ4n) is 10.6. The zero-order valence-corrected chi connectivity index (χ0v) is 46.5. The third kappa shape index (κ3) is 18.9. The fourth-order valence-corrected chi connectivity index (χ4v) is 11.2. The molecule has 0 radical (unpaired) electrons. The Morgan fingerprint density at radius 3 is 1.49 bits per heavy atom. The van der Waals surface area contributed by atoms with Crippen LogP contribution in [-0.4, -0.2) is 51.0 Å². The molecule has 6 aromatic rings. The highest BCUT2D eigenvalue weighted by Crippen LogP contribution is 2.37. The summed E-state index contributed by atoms with van der Waals surface area (Å²) < 4.78 is 98.9. The first kappa shape index (κ1) is 61.8. The topological polar surface area (TPSA) is 208 Å². The number of hydrogen-bond acceptors (Lipinski definition) is 11.